The Hall–Kier alpha value is -2.66. The molecule has 1 saturated heterocycles. The van der Waals surface area contributed by atoms with Crippen molar-refractivity contribution in [1.29, 1.82) is 0 Å². The lowest BCUT2D eigenvalue weighted by atomic mass is 10.1. The highest BCUT2D eigenvalue weighted by Gasteiger charge is 2.12. The molecule has 2 heterocycles. The minimum Gasteiger partial charge on any atom is -0.484 e. The van der Waals surface area contributed by atoms with Crippen LogP contribution in [0.5, 0.6) is 5.75 Å². The minimum atomic E-state index is 0.161. The fraction of sp³-hybridized carbons (Fsp3) is 0.263. The maximum absolute atomic E-state index is 5.75. The summed E-state index contributed by atoms with van der Waals surface area (Å²) in [7, 11) is 0. The van der Waals surface area contributed by atoms with Crippen LogP contribution in [0.1, 0.15) is 24.6 Å². The average molecular weight is 322 g/mol. The first-order chi connectivity index (χ1) is 11.9. The van der Waals surface area contributed by atoms with Crippen molar-refractivity contribution in [3.05, 3.63) is 60.3 Å². The topological polar surface area (TPSA) is 57.4 Å². The number of nitrogens with zero attached hydrogens (tertiary/aromatic N) is 2. The number of hydrogen-bond acceptors (Lipinski definition) is 5. The Labute approximate surface area is 139 Å². The Kier molecular flexibility index (Phi) is 4.25. The molecule has 0 saturated carbocycles. The predicted molar refractivity (Wildman–Crippen MR) is 90.6 cm³/mol. The van der Waals surface area contributed by atoms with E-state index in [4.69, 9.17) is 13.9 Å². The molecule has 0 bridgehead atoms. The van der Waals surface area contributed by atoms with Crippen molar-refractivity contribution in [2.45, 2.75) is 25.6 Å². The van der Waals surface area contributed by atoms with Crippen molar-refractivity contribution in [2.24, 2.45) is 0 Å². The third-order valence-corrected chi connectivity index (χ3v) is 3.98. The lowest BCUT2D eigenvalue weighted by molar-refractivity contribution is 0.146. The zero-order chi connectivity index (χ0) is 16.2. The molecule has 1 fully saturated rings. The first-order valence-electron chi connectivity index (χ1n) is 8.11. The molecule has 0 spiro atoms. The molecule has 1 atom stereocenters. The van der Waals surface area contributed by atoms with E-state index in [9.17, 15) is 0 Å². The van der Waals surface area contributed by atoms with Crippen LogP contribution in [-0.2, 0) is 11.3 Å². The molecule has 0 amide bonds. The summed E-state index contributed by atoms with van der Waals surface area (Å²) in [4.78, 5) is 0. The van der Waals surface area contributed by atoms with E-state index in [0.29, 0.717) is 11.8 Å². The van der Waals surface area contributed by atoms with E-state index in [-0.39, 0.29) is 12.7 Å². The Morgan fingerprint density at radius 3 is 2.92 bits per heavy atom. The SMILES string of the molecule is C(=C\C1CCCO1)/c1nnc(COc2ccc3ccccc3c2)o1. The number of fused-ring (bicyclic) bond motifs is 1. The number of benzene rings is 2. The molecular formula is C19H18N2O3. The van der Waals surface area contributed by atoms with Gasteiger partial charge in [-0.15, -0.1) is 10.2 Å². The van der Waals surface area contributed by atoms with E-state index >= 15 is 0 Å². The summed E-state index contributed by atoms with van der Waals surface area (Å²) in [5.41, 5.74) is 0. The van der Waals surface area contributed by atoms with E-state index < -0.39 is 0 Å². The maximum Gasteiger partial charge on any atom is 0.254 e. The number of rotatable bonds is 5. The summed E-state index contributed by atoms with van der Waals surface area (Å²) in [6.07, 6.45) is 6.08. The van der Waals surface area contributed by atoms with Gasteiger partial charge in [-0.25, -0.2) is 0 Å². The van der Waals surface area contributed by atoms with Gasteiger partial charge < -0.3 is 13.9 Å². The van der Waals surface area contributed by atoms with Crippen molar-refractivity contribution in [3.8, 4) is 5.75 Å². The largest absolute Gasteiger partial charge is 0.484 e. The highest BCUT2D eigenvalue weighted by molar-refractivity contribution is 5.83. The summed E-state index contributed by atoms with van der Waals surface area (Å²) in [5, 5.41) is 10.3. The Morgan fingerprint density at radius 1 is 1.12 bits per heavy atom. The smallest absolute Gasteiger partial charge is 0.254 e. The van der Waals surface area contributed by atoms with Crippen molar-refractivity contribution < 1.29 is 13.9 Å². The highest BCUT2D eigenvalue weighted by Crippen LogP contribution is 2.21. The molecule has 4 rings (SSSR count). The van der Waals surface area contributed by atoms with Gasteiger partial charge in [0.05, 0.1) is 6.10 Å². The van der Waals surface area contributed by atoms with Crippen LogP contribution in [0.4, 0.5) is 0 Å². The molecule has 3 aromatic rings. The Bertz CT molecular complexity index is 850. The normalized spacial score (nSPS) is 17.8. The van der Waals surface area contributed by atoms with Gasteiger partial charge in [-0.05, 0) is 35.7 Å². The van der Waals surface area contributed by atoms with Gasteiger partial charge >= 0.3 is 0 Å². The van der Waals surface area contributed by atoms with Crippen LogP contribution in [0, 0.1) is 0 Å². The van der Waals surface area contributed by atoms with E-state index in [1.54, 1.807) is 0 Å². The fourth-order valence-electron chi connectivity index (χ4n) is 2.74. The third kappa shape index (κ3) is 3.46. The first kappa shape index (κ1) is 14.9. The quantitative estimate of drug-likeness (QED) is 0.711. The van der Waals surface area contributed by atoms with Crippen LogP contribution in [0.3, 0.4) is 0 Å². The van der Waals surface area contributed by atoms with Crippen molar-refractivity contribution in [1.82, 2.24) is 10.2 Å². The van der Waals surface area contributed by atoms with Crippen molar-refractivity contribution in [2.75, 3.05) is 6.61 Å². The molecule has 1 aliphatic rings. The minimum absolute atomic E-state index is 0.161. The number of hydrogen-bond donors (Lipinski definition) is 0. The molecule has 24 heavy (non-hydrogen) atoms. The molecule has 0 radical (unpaired) electrons. The lowest BCUT2D eigenvalue weighted by Crippen LogP contribution is -1.98. The second-order valence-corrected chi connectivity index (χ2v) is 5.74. The fourth-order valence-corrected chi connectivity index (χ4v) is 2.74. The summed E-state index contributed by atoms with van der Waals surface area (Å²) in [5.74, 6) is 1.71. The molecule has 1 unspecified atom stereocenters. The zero-order valence-corrected chi connectivity index (χ0v) is 13.2. The van der Waals surface area contributed by atoms with Gasteiger partial charge in [0.2, 0.25) is 5.89 Å². The highest BCUT2D eigenvalue weighted by atomic mass is 16.5. The van der Waals surface area contributed by atoms with Gasteiger partial charge in [0.1, 0.15) is 5.75 Å². The summed E-state index contributed by atoms with van der Waals surface area (Å²) < 4.78 is 16.8. The molecule has 5 heteroatoms. The van der Waals surface area contributed by atoms with Gasteiger partial charge in [0, 0.05) is 12.7 Å². The molecule has 122 valence electrons. The Morgan fingerprint density at radius 2 is 2.04 bits per heavy atom. The van der Waals surface area contributed by atoms with Crippen LogP contribution in [-0.4, -0.2) is 22.9 Å². The molecule has 5 nitrogen and oxygen atoms in total. The van der Waals surface area contributed by atoms with E-state index in [1.807, 2.05) is 42.5 Å². The molecule has 2 aromatic carbocycles. The van der Waals surface area contributed by atoms with Crippen molar-refractivity contribution >= 4 is 16.8 Å². The third-order valence-electron chi connectivity index (χ3n) is 3.98. The second kappa shape index (κ2) is 6.84. The molecular weight excluding hydrogens is 304 g/mol. The summed E-state index contributed by atoms with van der Waals surface area (Å²) in [6.45, 7) is 1.07. The van der Waals surface area contributed by atoms with E-state index in [1.165, 1.54) is 5.39 Å². The van der Waals surface area contributed by atoms with Gasteiger partial charge in [0.25, 0.3) is 5.89 Å². The van der Waals surface area contributed by atoms with E-state index in [2.05, 4.69) is 22.3 Å². The number of aromatic nitrogens is 2. The van der Waals surface area contributed by atoms with Crippen LogP contribution in [0.2, 0.25) is 0 Å². The van der Waals surface area contributed by atoms with Crippen molar-refractivity contribution in [3.63, 3.8) is 0 Å². The Balaban J connectivity index is 1.38. The lowest BCUT2D eigenvalue weighted by Gasteiger charge is -2.04. The van der Waals surface area contributed by atoms with Gasteiger partial charge in [0.15, 0.2) is 6.61 Å². The monoisotopic (exact) mass is 322 g/mol. The number of ether oxygens (including phenoxy) is 2. The van der Waals surface area contributed by atoms with Crippen LogP contribution >= 0.6 is 0 Å². The second-order valence-electron chi connectivity index (χ2n) is 5.74. The zero-order valence-electron chi connectivity index (χ0n) is 13.2. The van der Waals surface area contributed by atoms with Crippen LogP contribution < -0.4 is 4.74 Å². The van der Waals surface area contributed by atoms with Gasteiger partial charge in [-0.1, -0.05) is 36.4 Å². The van der Waals surface area contributed by atoms with Gasteiger partial charge in [-0.2, -0.15) is 0 Å². The molecule has 1 aliphatic heterocycles. The predicted octanol–water partition coefficient (Wildman–Crippen LogP) is 3.99. The summed E-state index contributed by atoms with van der Waals surface area (Å²) >= 11 is 0. The molecule has 0 aliphatic carbocycles. The standard InChI is InChI=1S/C19H18N2O3/c1-2-5-15-12-17(8-7-14(15)4-1)23-13-19-21-20-18(24-19)10-9-16-6-3-11-22-16/h1-2,4-5,7-10,12,16H,3,6,11,13H2/b10-9+. The van der Waals surface area contributed by atoms with E-state index in [0.717, 1.165) is 30.6 Å². The molecule has 0 N–H and O–H groups in total. The van der Waals surface area contributed by atoms with Gasteiger partial charge in [-0.3, -0.25) is 0 Å². The first-order valence-corrected chi connectivity index (χ1v) is 8.11. The molecule has 1 aromatic heterocycles. The summed E-state index contributed by atoms with van der Waals surface area (Å²) in [6, 6.07) is 14.1. The average Bonchev–Trinajstić information content (AvgIpc) is 3.29. The maximum atomic E-state index is 5.75. The van der Waals surface area contributed by atoms with Crippen LogP contribution in [0.15, 0.2) is 53.0 Å². The van der Waals surface area contributed by atoms with Crippen LogP contribution in [0.25, 0.3) is 16.8 Å².